The Morgan fingerprint density at radius 2 is 1.83 bits per heavy atom. The van der Waals surface area contributed by atoms with Gasteiger partial charge in [-0.15, -0.1) is 0 Å². The molecule has 0 bridgehead atoms. The number of rotatable bonds is 8. The molecule has 6 nitrogen and oxygen atoms in total. The number of benzene rings is 3. The van der Waals surface area contributed by atoms with E-state index in [1.807, 2.05) is 12.1 Å². The van der Waals surface area contributed by atoms with E-state index in [9.17, 15) is 13.6 Å². The summed E-state index contributed by atoms with van der Waals surface area (Å²) in [6.45, 7) is 3.39. The lowest BCUT2D eigenvalue weighted by Crippen LogP contribution is -2.40. The summed E-state index contributed by atoms with van der Waals surface area (Å²) in [6, 6.07) is 15.9. The van der Waals surface area contributed by atoms with Crippen molar-refractivity contribution in [2.24, 2.45) is 0 Å². The van der Waals surface area contributed by atoms with Crippen molar-refractivity contribution in [3.05, 3.63) is 89.6 Å². The van der Waals surface area contributed by atoms with E-state index in [-0.39, 0.29) is 31.6 Å². The summed E-state index contributed by atoms with van der Waals surface area (Å²) >= 11 is 0. The van der Waals surface area contributed by atoms with E-state index < -0.39 is 12.1 Å². The number of hydrogen-bond donors (Lipinski definition) is 1. The van der Waals surface area contributed by atoms with Gasteiger partial charge in [0, 0.05) is 12.5 Å². The van der Waals surface area contributed by atoms with Crippen LogP contribution in [0.3, 0.4) is 0 Å². The lowest BCUT2D eigenvalue weighted by atomic mass is 10.0. The fraction of sp³-hybridized carbons (Fsp3) is 0.259. The summed E-state index contributed by atoms with van der Waals surface area (Å²) in [5.74, 6) is -0.434. The van der Waals surface area contributed by atoms with Crippen molar-refractivity contribution in [1.82, 2.24) is 15.1 Å². The molecule has 35 heavy (non-hydrogen) atoms. The van der Waals surface area contributed by atoms with Crippen LogP contribution in [-0.4, -0.2) is 35.4 Å². The van der Waals surface area contributed by atoms with Gasteiger partial charge >= 0.3 is 0 Å². The van der Waals surface area contributed by atoms with Crippen molar-refractivity contribution in [1.29, 1.82) is 0 Å². The van der Waals surface area contributed by atoms with Gasteiger partial charge in [0.2, 0.25) is 5.91 Å². The van der Waals surface area contributed by atoms with Gasteiger partial charge in [0.25, 0.3) is 0 Å². The molecular weight excluding hydrogens is 452 g/mol. The molecule has 8 heteroatoms. The number of methoxy groups -OCH3 is 1. The van der Waals surface area contributed by atoms with Crippen LogP contribution in [0.1, 0.15) is 31.6 Å². The first-order valence-corrected chi connectivity index (χ1v) is 10.8. The largest absolute Gasteiger partial charge is 0.484 e. The Hall–Kier alpha value is -3.78. The third kappa shape index (κ3) is 5.84. The lowest BCUT2D eigenvalue weighted by Gasteiger charge is -2.27. The zero-order chi connectivity index (χ0) is 24.2. The SMILES string of the molecule is C.COCC(=O)N[C@@H](C)[C@H](Oc1ccc2c(cnn2-c2ccc(F)cc2)c1)c1ccc(C)c(F)c1. The van der Waals surface area contributed by atoms with Crippen molar-refractivity contribution in [2.75, 3.05) is 13.7 Å². The molecule has 0 spiro atoms. The van der Waals surface area contributed by atoms with Crippen LogP contribution < -0.4 is 10.1 Å². The topological polar surface area (TPSA) is 65.4 Å². The molecule has 0 unspecified atom stereocenters. The molecule has 0 fully saturated rings. The maximum Gasteiger partial charge on any atom is 0.246 e. The average molecular weight is 482 g/mol. The van der Waals surface area contributed by atoms with E-state index in [2.05, 4.69) is 10.4 Å². The maximum absolute atomic E-state index is 14.3. The highest BCUT2D eigenvalue weighted by Gasteiger charge is 2.24. The number of nitrogens with one attached hydrogen (secondary N) is 1. The van der Waals surface area contributed by atoms with Crippen molar-refractivity contribution in [3.8, 4) is 11.4 Å². The molecule has 3 aromatic carbocycles. The number of carbonyl (C=O) groups is 1. The molecule has 4 aromatic rings. The van der Waals surface area contributed by atoms with E-state index in [0.717, 1.165) is 16.6 Å². The monoisotopic (exact) mass is 481 g/mol. The van der Waals surface area contributed by atoms with Gasteiger partial charge in [-0.05, 0) is 73.5 Å². The Labute approximate surface area is 203 Å². The molecule has 1 heterocycles. The predicted octanol–water partition coefficient (Wildman–Crippen LogP) is 5.52. The molecule has 0 aliphatic carbocycles. The molecular formula is C27H29F2N3O3. The minimum atomic E-state index is -0.652. The second-order valence-corrected chi connectivity index (χ2v) is 8.09. The van der Waals surface area contributed by atoms with Crippen LogP contribution >= 0.6 is 0 Å². The van der Waals surface area contributed by atoms with E-state index in [1.54, 1.807) is 55.1 Å². The smallest absolute Gasteiger partial charge is 0.246 e. The standard InChI is InChI=1S/C26H25F2N3O3.CH4/c1-16-4-5-18(13-23(16)28)26(17(2)30-25(32)15-33-3)34-22-10-11-24-19(12-22)14-29-31(24)21-8-6-20(27)7-9-21;/h4-14,17,26H,15H2,1-3H3,(H,30,32);1H4/t17-,26-;/m0./s1. The molecule has 0 saturated carbocycles. The Morgan fingerprint density at radius 1 is 1.09 bits per heavy atom. The first-order chi connectivity index (χ1) is 16.4. The molecule has 1 N–H and O–H groups in total. The summed E-state index contributed by atoms with van der Waals surface area (Å²) in [7, 11) is 1.44. The molecule has 0 radical (unpaired) electrons. The number of aryl methyl sites for hydroxylation is 1. The molecule has 0 aliphatic heterocycles. The predicted molar refractivity (Wildman–Crippen MR) is 132 cm³/mol. The number of carbonyl (C=O) groups excluding carboxylic acids is 1. The third-order valence-corrected chi connectivity index (χ3v) is 5.52. The van der Waals surface area contributed by atoms with Crippen LogP contribution in [0.25, 0.3) is 16.6 Å². The Kier molecular flexibility index (Phi) is 8.19. The van der Waals surface area contributed by atoms with Gasteiger partial charge in [-0.3, -0.25) is 4.79 Å². The molecule has 1 aromatic heterocycles. The van der Waals surface area contributed by atoms with Crippen molar-refractivity contribution < 1.29 is 23.0 Å². The summed E-state index contributed by atoms with van der Waals surface area (Å²) in [6.07, 6.45) is 1.04. The summed E-state index contributed by atoms with van der Waals surface area (Å²) in [4.78, 5) is 12.1. The fourth-order valence-corrected chi connectivity index (χ4v) is 3.77. The Bertz CT molecular complexity index is 1310. The van der Waals surface area contributed by atoms with E-state index in [0.29, 0.717) is 16.9 Å². The van der Waals surface area contributed by atoms with Crippen LogP contribution in [0.2, 0.25) is 0 Å². The van der Waals surface area contributed by atoms with Gasteiger partial charge in [-0.2, -0.15) is 5.10 Å². The van der Waals surface area contributed by atoms with Gasteiger partial charge in [0.1, 0.15) is 30.1 Å². The fourth-order valence-electron chi connectivity index (χ4n) is 3.77. The van der Waals surface area contributed by atoms with Crippen LogP contribution in [0.4, 0.5) is 8.78 Å². The number of halogens is 2. The molecule has 0 saturated heterocycles. The van der Waals surface area contributed by atoms with Crippen LogP contribution in [0, 0.1) is 18.6 Å². The van der Waals surface area contributed by atoms with Crippen LogP contribution in [-0.2, 0) is 9.53 Å². The number of nitrogens with zero attached hydrogens (tertiary/aromatic N) is 2. The number of amides is 1. The molecule has 2 atom stereocenters. The highest BCUT2D eigenvalue weighted by molar-refractivity contribution is 5.81. The Balaban J connectivity index is 0.00000342. The first kappa shape index (κ1) is 25.8. The number of hydrogen-bond acceptors (Lipinski definition) is 4. The normalized spacial score (nSPS) is 12.6. The van der Waals surface area contributed by atoms with Gasteiger partial charge in [-0.25, -0.2) is 13.5 Å². The first-order valence-electron chi connectivity index (χ1n) is 10.8. The van der Waals surface area contributed by atoms with E-state index in [4.69, 9.17) is 9.47 Å². The minimum Gasteiger partial charge on any atom is -0.484 e. The highest BCUT2D eigenvalue weighted by Crippen LogP contribution is 2.29. The maximum atomic E-state index is 14.3. The molecule has 1 amide bonds. The van der Waals surface area contributed by atoms with Crippen molar-refractivity contribution >= 4 is 16.8 Å². The average Bonchev–Trinajstić information content (AvgIpc) is 3.23. The van der Waals surface area contributed by atoms with E-state index in [1.165, 1.54) is 25.3 Å². The van der Waals surface area contributed by atoms with Crippen LogP contribution in [0.15, 0.2) is 66.9 Å². The summed E-state index contributed by atoms with van der Waals surface area (Å²) in [5, 5.41) is 8.06. The molecule has 4 rings (SSSR count). The number of aromatic nitrogens is 2. The quantitative estimate of drug-likeness (QED) is 0.360. The Morgan fingerprint density at radius 3 is 2.51 bits per heavy atom. The number of ether oxygens (including phenoxy) is 2. The van der Waals surface area contributed by atoms with Gasteiger partial charge in [0.15, 0.2) is 0 Å². The van der Waals surface area contributed by atoms with Gasteiger partial charge in [-0.1, -0.05) is 19.6 Å². The van der Waals surface area contributed by atoms with Crippen LogP contribution in [0.5, 0.6) is 5.75 Å². The second-order valence-electron chi connectivity index (χ2n) is 8.09. The lowest BCUT2D eigenvalue weighted by molar-refractivity contribution is -0.126. The van der Waals surface area contributed by atoms with Crippen molar-refractivity contribution in [2.45, 2.75) is 33.4 Å². The summed E-state index contributed by atoms with van der Waals surface area (Å²) in [5.41, 5.74) is 2.66. The zero-order valence-corrected chi connectivity index (χ0v) is 19.1. The highest BCUT2D eigenvalue weighted by atomic mass is 19.1. The summed E-state index contributed by atoms with van der Waals surface area (Å²) < 4.78 is 40.5. The third-order valence-electron chi connectivity index (χ3n) is 5.52. The van der Waals surface area contributed by atoms with Gasteiger partial charge in [0.05, 0.1) is 23.4 Å². The number of fused-ring (bicyclic) bond motifs is 1. The van der Waals surface area contributed by atoms with Crippen molar-refractivity contribution in [3.63, 3.8) is 0 Å². The molecule has 184 valence electrons. The molecule has 0 aliphatic rings. The van der Waals surface area contributed by atoms with Gasteiger partial charge < -0.3 is 14.8 Å². The van der Waals surface area contributed by atoms with E-state index >= 15 is 0 Å². The minimum absolute atomic E-state index is 0. The zero-order valence-electron chi connectivity index (χ0n) is 19.1. The second kappa shape index (κ2) is 11.1.